The maximum absolute atomic E-state index is 13.1. The monoisotopic (exact) mass is 492 g/mol. The zero-order chi connectivity index (χ0) is 25.8. The van der Waals surface area contributed by atoms with Crippen molar-refractivity contribution in [3.05, 3.63) is 89.7 Å². The first-order valence-corrected chi connectivity index (χ1v) is 10.4. The summed E-state index contributed by atoms with van der Waals surface area (Å²) in [7, 11) is 0. The number of hydrogen-bond donors (Lipinski definition) is 3. The van der Waals surface area contributed by atoms with Crippen molar-refractivity contribution in [2.24, 2.45) is 5.73 Å². The second-order valence-corrected chi connectivity index (χ2v) is 7.25. The summed E-state index contributed by atoms with van der Waals surface area (Å²) in [5.74, 6) is -2.62. The molecular weight excluding hydrogens is 468 g/mol. The molecule has 10 heteroatoms. The molecule has 6 nitrogen and oxygen atoms in total. The Morgan fingerprint density at radius 2 is 1.57 bits per heavy atom. The highest BCUT2D eigenvalue weighted by Crippen LogP contribution is 2.24. The molecule has 3 aromatic rings. The fourth-order valence-electron chi connectivity index (χ4n) is 2.88. The molecule has 0 atom stereocenters. The molecule has 0 saturated heterocycles. The van der Waals surface area contributed by atoms with E-state index in [1.807, 2.05) is 42.5 Å². The number of hydrogen-bond acceptors (Lipinski definition) is 4. The lowest BCUT2D eigenvalue weighted by Crippen LogP contribution is -2.23. The maximum Gasteiger partial charge on any atom is 0.490 e. The van der Waals surface area contributed by atoms with E-state index in [2.05, 4.69) is 5.32 Å². The molecule has 0 unspecified atom stereocenters. The lowest BCUT2D eigenvalue weighted by molar-refractivity contribution is -0.192. The van der Waals surface area contributed by atoms with Gasteiger partial charge in [0.1, 0.15) is 18.2 Å². The van der Waals surface area contributed by atoms with Crippen molar-refractivity contribution < 1.29 is 37.0 Å². The average molecular weight is 492 g/mol. The molecule has 0 radical (unpaired) electrons. The Morgan fingerprint density at radius 3 is 2.17 bits per heavy atom. The first-order valence-electron chi connectivity index (χ1n) is 10.4. The quantitative estimate of drug-likeness (QED) is 0.303. The summed E-state index contributed by atoms with van der Waals surface area (Å²) >= 11 is 0. The molecule has 186 valence electrons. The minimum atomic E-state index is -5.08. The van der Waals surface area contributed by atoms with Gasteiger partial charge in [0.25, 0.3) is 0 Å². The fourth-order valence-corrected chi connectivity index (χ4v) is 2.88. The van der Waals surface area contributed by atoms with Crippen LogP contribution in [-0.2, 0) is 11.2 Å². The highest BCUT2D eigenvalue weighted by Gasteiger charge is 2.38. The number of nitrogens with one attached hydrogen (secondary N) is 1. The van der Waals surface area contributed by atoms with Crippen molar-refractivity contribution in [2.75, 3.05) is 19.7 Å². The van der Waals surface area contributed by atoms with E-state index in [4.69, 9.17) is 20.4 Å². The number of carbonyl (C=O) groups excluding carboxylic acids is 1. The van der Waals surface area contributed by atoms with E-state index < -0.39 is 18.1 Å². The SMILES string of the molecule is NC(=O)c1ccc(-c2cccc(OCCNCCc3cccc(F)c3)c2)cc1.O=C(O)C(F)(F)F. The van der Waals surface area contributed by atoms with Crippen LogP contribution in [0.4, 0.5) is 17.6 Å². The number of rotatable bonds is 9. The second kappa shape index (κ2) is 13.1. The van der Waals surface area contributed by atoms with E-state index in [0.717, 1.165) is 35.4 Å². The van der Waals surface area contributed by atoms with Gasteiger partial charge >= 0.3 is 12.1 Å². The van der Waals surface area contributed by atoms with Gasteiger partial charge in [0.2, 0.25) is 5.91 Å². The molecule has 0 aliphatic heterocycles. The first kappa shape index (κ1) is 27.3. The molecule has 35 heavy (non-hydrogen) atoms. The maximum atomic E-state index is 13.1. The minimum absolute atomic E-state index is 0.204. The molecule has 3 rings (SSSR count). The van der Waals surface area contributed by atoms with Crippen LogP contribution >= 0.6 is 0 Å². The standard InChI is InChI=1S/C23H23FN2O2.C2HF3O2/c24-21-5-1-3-17(15-21)11-12-26-13-14-28-22-6-2-4-20(16-22)18-7-9-19(10-8-18)23(25)27;3-2(4,5)1(6)7/h1-10,15-16,26H,11-14H2,(H2,25,27);(H,6,7). The third kappa shape index (κ3) is 9.85. The molecule has 0 aromatic heterocycles. The Labute approximate surface area is 199 Å². The number of primary amides is 1. The van der Waals surface area contributed by atoms with Gasteiger partial charge in [-0.15, -0.1) is 0 Å². The Bertz CT molecular complexity index is 1120. The number of alkyl halides is 3. The van der Waals surface area contributed by atoms with Crippen molar-refractivity contribution in [3.8, 4) is 16.9 Å². The summed E-state index contributed by atoms with van der Waals surface area (Å²) in [4.78, 5) is 20.1. The summed E-state index contributed by atoms with van der Waals surface area (Å²) in [5.41, 5.74) is 8.73. The van der Waals surface area contributed by atoms with Gasteiger partial charge in [0.05, 0.1) is 0 Å². The molecule has 0 fully saturated rings. The predicted molar refractivity (Wildman–Crippen MR) is 123 cm³/mol. The number of aliphatic carboxylic acids is 1. The van der Waals surface area contributed by atoms with Crippen molar-refractivity contribution in [1.29, 1.82) is 0 Å². The summed E-state index contributed by atoms with van der Waals surface area (Å²) in [6.07, 6.45) is -4.31. The van der Waals surface area contributed by atoms with Gasteiger partial charge in [0, 0.05) is 12.1 Å². The fraction of sp³-hybridized carbons (Fsp3) is 0.200. The Morgan fingerprint density at radius 1 is 0.914 bits per heavy atom. The van der Waals surface area contributed by atoms with E-state index >= 15 is 0 Å². The molecule has 0 aliphatic rings. The minimum Gasteiger partial charge on any atom is -0.492 e. The van der Waals surface area contributed by atoms with Gasteiger partial charge in [-0.3, -0.25) is 4.79 Å². The third-order valence-electron chi connectivity index (χ3n) is 4.61. The van der Waals surface area contributed by atoms with Crippen LogP contribution in [0.15, 0.2) is 72.8 Å². The van der Waals surface area contributed by atoms with Crippen LogP contribution in [0.1, 0.15) is 15.9 Å². The van der Waals surface area contributed by atoms with Crippen LogP contribution in [0.25, 0.3) is 11.1 Å². The lowest BCUT2D eigenvalue weighted by atomic mass is 10.0. The lowest BCUT2D eigenvalue weighted by Gasteiger charge is -2.10. The molecular formula is C25H24F4N2O4. The van der Waals surface area contributed by atoms with Gasteiger partial charge < -0.3 is 20.9 Å². The highest BCUT2D eigenvalue weighted by molar-refractivity contribution is 5.93. The van der Waals surface area contributed by atoms with Crippen molar-refractivity contribution in [1.82, 2.24) is 5.32 Å². The topological polar surface area (TPSA) is 102 Å². The molecule has 0 aliphatic carbocycles. The zero-order valence-corrected chi connectivity index (χ0v) is 18.5. The van der Waals surface area contributed by atoms with Crippen LogP contribution in [0.3, 0.4) is 0 Å². The molecule has 0 spiro atoms. The van der Waals surface area contributed by atoms with Crippen LogP contribution in [-0.4, -0.2) is 42.9 Å². The van der Waals surface area contributed by atoms with Crippen molar-refractivity contribution >= 4 is 11.9 Å². The summed E-state index contributed by atoms with van der Waals surface area (Å²) in [5, 5.41) is 10.4. The highest BCUT2D eigenvalue weighted by atomic mass is 19.4. The number of benzene rings is 3. The first-order chi connectivity index (χ1) is 16.6. The van der Waals surface area contributed by atoms with Crippen molar-refractivity contribution in [2.45, 2.75) is 12.6 Å². The number of carboxylic acid groups (broad SMARTS) is 1. The van der Waals surface area contributed by atoms with Crippen LogP contribution in [0, 0.1) is 5.82 Å². The number of ether oxygens (including phenoxy) is 1. The Hall–Kier alpha value is -3.92. The predicted octanol–water partition coefficient (Wildman–Crippen LogP) is 4.44. The summed E-state index contributed by atoms with van der Waals surface area (Å²) < 4.78 is 50.7. The third-order valence-corrected chi connectivity index (χ3v) is 4.61. The largest absolute Gasteiger partial charge is 0.492 e. The van der Waals surface area contributed by atoms with E-state index in [9.17, 15) is 22.4 Å². The van der Waals surface area contributed by atoms with E-state index in [1.54, 1.807) is 24.3 Å². The van der Waals surface area contributed by atoms with Crippen LogP contribution in [0.2, 0.25) is 0 Å². The Kier molecular flexibility index (Phi) is 10.2. The van der Waals surface area contributed by atoms with Crippen LogP contribution < -0.4 is 15.8 Å². The van der Waals surface area contributed by atoms with Gasteiger partial charge in [-0.1, -0.05) is 36.4 Å². The number of carboxylic acids is 1. The zero-order valence-electron chi connectivity index (χ0n) is 18.5. The van der Waals surface area contributed by atoms with E-state index in [1.165, 1.54) is 6.07 Å². The second-order valence-electron chi connectivity index (χ2n) is 7.25. The van der Waals surface area contributed by atoms with Gasteiger partial charge in [-0.05, 0) is 66.1 Å². The average Bonchev–Trinajstić information content (AvgIpc) is 2.81. The number of halogens is 4. The van der Waals surface area contributed by atoms with Gasteiger partial charge in [0.15, 0.2) is 0 Å². The molecule has 0 heterocycles. The number of amides is 1. The summed E-state index contributed by atoms with van der Waals surface area (Å²) in [6.45, 7) is 2.00. The van der Waals surface area contributed by atoms with Crippen molar-refractivity contribution in [3.63, 3.8) is 0 Å². The molecule has 1 amide bonds. The smallest absolute Gasteiger partial charge is 0.490 e. The van der Waals surface area contributed by atoms with Gasteiger partial charge in [-0.25, -0.2) is 9.18 Å². The Balaban J connectivity index is 0.000000540. The molecule has 4 N–H and O–H groups in total. The molecule has 0 saturated carbocycles. The van der Waals surface area contributed by atoms with Gasteiger partial charge in [-0.2, -0.15) is 13.2 Å². The molecule has 3 aromatic carbocycles. The number of nitrogens with two attached hydrogens (primary N) is 1. The van der Waals surface area contributed by atoms with E-state index in [0.29, 0.717) is 18.7 Å². The van der Waals surface area contributed by atoms with Crippen LogP contribution in [0.5, 0.6) is 5.75 Å². The normalized spacial score (nSPS) is 10.7. The molecule has 0 bridgehead atoms. The summed E-state index contributed by atoms with van der Waals surface area (Å²) in [6, 6.07) is 21.6. The number of carbonyl (C=O) groups is 2. The van der Waals surface area contributed by atoms with E-state index in [-0.39, 0.29) is 5.82 Å².